The molecule has 0 N–H and O–H groups in total. The Morgan fingerprint density at radius 3 is 2.73 bits per heavy atom. The summed E-state index contributed by atoms with van der Waals surface area (Å²) in [5.74, 6) is 0. The molecule has 2 heterocycles. The third kappa shape index (κ3) is 0.984. The van der Waals surface area contributed by atoms with Crippen LogP contribution < -0.4 is 0 Å². The van der Waals surface area contributed by atoms with Crippen LogP contribution in [0.4, 0.5) is 0 Å². The lowest BCUT2D eigenvalue weighted by atomic mass is 9.78. The molecule has 80 valence electrons. The predicted octanol–water partition coefficient (Wildman–Crippen LogP) is 2.58. The van der Waals surface area contributed by atoms with Crippen molar-refractivity contribution >= 4 is 0 Å². The third-order valence-electron chi connectivity index (χ3n) is 4.80. The van der Waals surface area contributed by atoms with Crippen LogP contribution in [-0.2, 0) is 17.4 Å². The first-order chi connectivity index (χ1) is 7.24. The highest BCUT2D eigenvalue weighted by Crippen LogP contribution is 2.67. The van der Waals surface area contributed by atoms with Gasteiger partial charge in [-0.25, -0.2) is 0 Å². The Morgan fingerprint density at radius 2 is 2.13 bits per heavy atom. The van der Waals surface area contributed by atoms with E-state index >= 15 is 0 Å². The maximum atomic E-state index is 6.05. The van der Waals surface area contributed by atoms with Crippen LogP contribution in [-0.4, -0.2) is 10.7 Å². The number of aryl methyl sites for hydroxylation is 1. The van der Waals surface area contributed by atoms with E-state index in [1.165, 1.54) is 37.8 Å². The van der Waals surface area contributed by atoms with E-state index in [2.05, 4.69) is 29.9 Å². The molecule has 3 fully saturated rings. The summed E-state index contributed by atoms with van der Waals surface area (Å²) >= 11 is 0. The number of ether oxygens (including phenoxy) is 1. The first kappa shape index (κ1) is 8.40. The first-order valence-electron chi connectivity index (χ1n) is 6.04. The molecule has 0 radical (unpaired) electrons. The number of epoxide rings is 1. The van der Waals surface area contributed by atoms with Gasteiger partial charge in [0.05, 0.1) is 11.8 Å². The number of fused-ring (bicyclic) bond motifs is 1. The lowest BCUT2D eigenvalue weighted by molar-refractivity contribution is 0.270. The lowest BCUT2D eigenvalue weighted by Gasteiger charge is -2.24. The van der Waals surface area contributed by atoms with Crippen molar-refractivity contribution in [2.75, 3.05) is 0 Å². The molecule has 1 aromatic heterocycles. The Hall–Kier alpha value is -0.760. The highest BCUT2D eigenvalue weighted by molar-refractivity contribution is 5.27. The minimum Gasteiger partial charge on any atom is -0.359 e. The molecule has 2 heteroatoms. The zero-order valence-corrected chi connectivity index (χ0v) is 9.20. The largest absolute Gasteiger partial charge is 0.359 e. The van der Waals surface area contributed by atoms with Crippen molar-refractivity contribution < 1.29 is 4.74 Å². The van der Waals surface area contributed by atoms with Crippen molar-refractivity contribution in [3.8, 4) is 0 Å². The number of nitrogens with zero attached hydrogens (tertiary/aromatic N) is 1. The Bertz CT molecular complexity index is 418. The molecular formula is C13H17NO. The predicted molar refractivity (Wildman–Crippen MR) is 57.5 cm³/mol. The van der Waals surface area contributed by atoms with Crippen LogP contribution in [0.1, 0.15) is 37.8 Å². The molecule has 1 saturated heterocycles. The summed E-state index contributed by atoms with van der Waals surface area (Å²) in [6.07, 6.45) is 9.51. The van der Waals surface area contributed by atoms with Crippen LogP contribution in [0, 0.1) is 5.41 Å². The monoisotopic (exact) mass is 203 g/mol. The van der Waals surface area contributed by atoms with Gasteiger partial charge in [0.25, 0.3) is 0 Å². The SMILES string of the molecule is Cn1cccc1C12CCC3(CC3)CC1O2. The molecule has 0 aromatic carbocycles. The number of aromatic nitrogens is 1. The highest BCUT2D eigenvalue weighted by Gasteiger charge is 2.66. The summed E-state index contributed by atoms with van der Waals surface area (Å²) in [4.78, 5) is 0. The smallest absolute Gasteiger partial charge is 0.134 e. The van der Waals surface area contributed by atoms with Crippen molar-refractivity contribution in [3.63, 3.8) is 0 Å². The summed E-state index contributed by atoms with van der Waals surface area (Å²) in [6.45, 7) is 0. The van der Waals surface area contributed by atoms with E-state index in [-0.39, 0.29) is 5.60 Å². The van der Waals surface area contributed by atoms with Gasteiger partial charge in [-0.15, -0.1) is 0 Å². The molecule has 1 aliphatic heterocycles. The van der Waals surface area contributed by atoms with E-state index in [1.54, 1.807) is 0 Å². The Morgan fingerprint density at radius 1 is 1.33 bits per heavy atom. The summed E-state index contributed by atoms with van der Waals surface area (Å²) in [6, 6.07) is 4.36. The zero-order valence-electron chi connectivity index (χ0n) is 9.20. The fourth-order valence-electron chi connectivity index (χ4n) is 3.48. The molecule has 2 unspecified atom stereocenters. The molecule has 1 aromatic rings. The third-order valence-corrected chi connectivity index (χ3v) is 4.80. The van der Waals surface area contributed by atoms with Crippen LogP contribution in [0.3, 0.4) is 0 Å². The Labute approximate surface area is 90.2 Å². The normalized spacial score (nSPS) is 40.2. The minimum atomic E-state index is 0.117. The summed E-state index contributed by atoms with van der Waals surface area (Å²) in [5, 5.41) is 0. The standard InChI is InChI=1S/C13H17NO/c1-14-8-2-3-10(14)13-7-6-12(4-5-12)9-11(13)15-13/h2-3,8,11H,4-7,9H2,1H3. The van der Waals surface area contributed by atoms with Gasteiger partial charge < -0.3 is 9.30 Å². The van der Waals surface area contributed by atoms with Crippen molar-refractivity contribution in [3.05, 3.63) is 24.0 Å². The average Bonchev–Trinajstić information content (AvgIpc) is 3.10. The van der Waals surface area contributed by atoms with E-state index < -0.39 is 0 Å². The van der Waals surface area contributed by atoms with E-state index in [4.69, 9.17) is 4.74 Å². The second kappa shape index (κ2) is 2.32. The molecular weight excluding hydrogens is 186 g/mol. The van der Waals surface area contributed by atoms with E-state index in [1.807, 2.05) is 0 Å². The maximum Gasteiger partial charge on any atom is 0.134 e. The van der Waals surface area contributed by atoms with Gasteiger partial charge in [0.1, 0.15) is 5.60 Å². The van der Waals surface area contributed by atoms with Gasteiger partial charge in [-0.1, -0.05) is 0 Å². The molecule has 1 spiro atoms. The van der Waals surface area contributed by atoms with Gasteiger partial charge in [0.15, 0.2) is 0 Å². The molecule has 4 rings (SSSR count). The fraction of sp³-hybridized carbons (Fsp3) is 0.692. The Balaban J connectivity index is 1.67. The van der Waals surface area contributed by atoms with Gasteiger partial charge in [0.2, 0.25) is 0 Å². The minimum absolute atomic E-state index is 0.117. The molecule has 2 nitrogen and oxygen atoms in total. The molecule has 2 saturated carbocycles. The maximum absolute atomic E-state index is 6.05. The first-order valence-corrected chi connectivity index (χ1v) is 6.04. The van der Waals surface area contributed by atoms with Crippen molar-refractivity contribution in [2.24, 2.45) is 12.5 Å². The van der Waals surface area contributed by atoms with E-state index in [0.29, 0.717) is 6.10 Å². The fourth-order valence-corrected chi connectivity index (χ4v) is 3.48. The van der Waals surface area contributed by atoms with Crippen molar-refractivity contribution in [2.45, 2.75) is 43.8 Å². The second-order valence-corrected chi connectivity index (χ2v) is 5.70. The molecule has 3 aliphatic rings. The summed E-state index contributed by atoms with van der Waals surface area (Å²) in [7, 11) is 2.13. The number of hydrogen-bond donors (Lipinski definition) is 0. The van der Waals surface area contributed by atoms with E-state index in [9.17, 15) is 0 Å². The van der Waals surface area contributed by atoms with Crippen LogP contribution in [0.2, 0.25) is 0 Å². The second-order valence-electron chi connectivity index (χ2n) is 5.70. The molecule has 15 heavy (non-hydrogen) atoms. The van der Waals surface area contributed by atoms with Crippen LogP contribution in [0.25, 0.3) is 0 Å². The average molecular weight is 203 g/mol. The molecule has 0 amide bonds. The quantitative estimate of drug-likeness (QED) is 0.641. The molecule has 2 atom stereocenters. The summed E-state index contributed by atoms with van der Waals surface area (Å²) < 4.78 is 8.27. The highest BCUT2D eigenvalue weighted by atomic mass is 16.6. The van der Waals surface area contributed by atoms with Gasteiger partial charge >= 0.3 is 0 Å². The van der Waals surface area contributed by atoms with Crippen LogP contribution in [0.15, 0.2) is 18.3 Å². The Kier molecular flexibility index (Phi) is 1.30. The van der Waals surface area contributed by atoms with E-state index in [0.717, 1.165) is 5.41 Å². The van der Waals surface area contributed by atoms with Gasteiger partial charge in [-0.3, -0.25) is 0 Å². The number of hydrogen-bond acceptors (Lipinski definition) is 1. The van der Waals surface area contributed by atoms with Gasteiger partial charge in [-0.2, -0.15) is 0 Å². The summed E-state index contributed by atoms with van der Waals surface area (Å²) in [5.41, 5.74) is 2.23. The van der Waals surface area contributed by atoms with Crippen LogP contribution >= 0.6 is 0 Å². The van der Waals surface area contributed by atoms with Gasteiger partial charge in [-0.05, 0) is 49.7 Å². The molecule has 0 bridgehead atoms. The zero-order chi connectivity index (χ0) is 10.1. The lowest BCUT2D eigenvalue weighted by Crippen LogP contribution is -2.25. The topological polar surface area (TPSA) is 17.5 Å². The number of rotatable bonds is 1. The molecule has 2 aliphatic carbocycles. The van der Waals surface area contributed by atoms with Crippen molar-refractivity contribution in [1.29, 1.82) is 0 Å². The van der Waals surface area contributed by atoms with Crippen molar-refractivity contribution in [1.82, 2.24) is 4.57 Å². The van der Waals surface area contributed by atoms with Crippen LogP contribution in [0.5, 0.6) is 0 Å². The van der Waals surface area contributed by atoms with Gasteiger partial charge in [0, 0.05) is 13.2 Å².